The first-order valence-electron chi connectivity index (χ1n) is 4.89. The topological polar surface area (TPSA) is 42.2 Å². The highest BCUT2D eigenvalue weighted by Crippen LogP contribution is 2.22. The molecule has 0 aliphatic heterocycles. The third-order valence-electron chi connectivity index (χ3n) is 2.24. The summed E-state index contributed by atoms with van der Waals surface area (Å²) < 4.78 is 6.63. The van der Waals surface area contributed by atoms with Crippen molar-refractivity contribution in [3.05, 3.63) is 50.8 Å². The fourth-order valence-corrected chi connectivity index (χ4v) is 2.02. The Morgan fingerprint density at radius 3 is 2.65 bits per heavy atom. The van der Waals surface area contributed by atoms with Gasteiger partial charge in [0.2, 0.25) is 0 Å². The second kappa shape index (κ2) is 5.06. The third-order valence-corrected chi connectivity index (χ3v) is 3.16. The fraction of sp³-hybridized carbons (Fsp3) is 0.0833. The van der Waals surface area contributed by atoms with E-state index < -0.39 is 0 Å². The molecule has 0 fully saturated rings. The molecule has 0 aliphatic carbocycles. The van der Waals surface area contributed by atoms with Gasteiger partial charge in [0.15, 0.2) is 10.4 Å². The van der Waals surface area contributed by atoms with Crippen molar-refractivity contribution in [1.29, 1.82) is 0 Å². The van der Waals surface area contributed by atoms with Crippen molar-refractivity contribution in [3.8, 4) is 0 Å². The van der Waals surface area contributed by atoms with Crippen molar-refractivity contribution in [1.82, 2.24) is 0 Å². The first-order chi connectivity index (χ1) is 8.06. The normalized spacial score (nSPS) is 10.3. The molecule has 88 valence electrons. The van der Waals surface area contributed by atoms with Gasteiger partial charge in [-0.05, 0) is 52.7 Å². The molecule has 0 saturated heterocycles. The predicted octanol–water partition coefficient (Wildman–Crippen LogP) is 4.37. The van der Waals surface area contributed by atoms with Gasteiger partial charge in [0.05, 0.1) is 0 Å². The van der Waals surface area contributed by atoms with Gasteiger partial charge in [-0.3, -0.25) is 4.79 Å². The van der Waals surface area contributed by atoms with Gasteiger partial charge in [-0.1, -0.05) is 22.0 Å². The minimum Gasteiger partial charge on any atom is -0.444 e. The summed E-state index contributed by atoms with van der Waals surface area (Å²) in [5.74, 6) is 0.00755. The summed E-state index contributed by atoms with van der Waals surface area (Å²) >= 11 is 6.52. The second-order valence-corrected chi connectivity index (χ2v) is 5.21. The highest BCUT2D eigenvalue weighted by molar-refractivity contribution is 9.10. The largest absolute Gasteiger partial charge is 0.444 e. The number of nitrogens with one attached hydrogen (secondary N) is 1. The van der Waals surface area contributed by atoms with Crippen LogP contribution in [0.4, 0.5) is 5.69 Å². The van der Waals surface area contributed by atoms with Gasteiger partial charge in [0, 0.05) is 10.2 Å². The zero-order chi connectivity index (χ0) is 12.4. The molecule has 5 heteroatoms. The Morgan fingerprint density at radius 1 is 1.24 bits per heavy atom. The van der Waals surface area contributed by atoms with Gasteiger partial charge in [-0.25, -0.2) is 0 Å². The molecule has 0 atom stereocenters. The maximum atomic E-state index is 11.8. The number of carbonyl (C=O) groups excluding carboxylic acids is 1. The first-order valence-corrected chi connectivity index (χ1v) is 6.48. The van der Waals surface area contributed by atoms with Crippen LogP contribution in [0.2, 0.25) is 0 Å². The Kier molecular flexibility index (Phi) is 3.69. The van der Waals surface area contributed by atoms with E-state index in [0.717, 1.165) is 15.7 Å². The predicted molar refractivity (Wildman–Crippen MR) is 73.2 cm³/mol. The Balaban J connectivity index is 2.21. The highest BCUT2D eigenvalue weighted by atomic mass is 79.9. The quantitative estimate of drug-likeness (QED) is 0.866. The number of hydrogen-bond acceptors (Lipinski definition) is 2. The van der Waals surface area contributed by atoms with E-state index in [1.807, 2.05) is 25.1 Å². The molecule has 3 nitrogen and oxygen atoms in total. The van der Waals surface area contributed by atoms with Gasteiger partial charge in [-0.2, -0.15) is 0 Å². The molecule has 0 spiro atoms. The first kappa shape index (κ1) is 12.4. The van der Waals surface area contributed by atoms with Gasteiger partial charge in [-0.15, -0.1) is 0 Å². The Morgan fingerprint density at radius 2 is 2.00 bits per heavy atom. The number of benzene rings is 1. The van der Waals surface area contributed by atoms with Crippen molar-refractivity contribution in [3.63, 3.8) is 0 Å². The Labute approximate surface area is 115 Å². The zero-order valence-corrected chi connectivity index (χ0v) is 12.1. The fourth-order valence-electron chi connectivity index (χ4n) is 1.35. The molecule has 1 amide bonds. The molecule has 0 unspecified atom stereocenters. The van der Waals surface area contributed by atoms with Crippen molar-refractivity contribution in [2.75, 3.05) is 5.32 Å². The molecule has 1 aromatic carbocycles. The van der Waals surface area contributed by atoms with E-state index in [1.165, 1.54) is 0 Å². The molecular formula is C12H9Br2NO2. The van der Waals surface area contributed by atoms with Gasteiger partial charge < -0.3 is 9.73 Å². The van der Waals surface area contributed by atoms with E-state index in [9.17, 15) is 4.79 Å². The number of hydrogen-bond donors (Lipinski definition) is 1. The summed E-state index contributed by atoms with van der Waals surface area (Å²) in [5, 5.41) is 2.80. The smallest absolute Gasteiger partial charge is 0.291 e. The third kappa shape index (κ3) is 2.98. The van der Waals surface area contributed by atoms with Gasteiger partial charge in [0.1, 0.15) is 0 Å². The van der Waals surface area contributed by atoms with E-state index in [0.29, 0.717) is 4.67 Å². The zero-order valence-electron chi connectivity index (χ0n) is 8.96. The summed E-state index contributed by atoms with van der Waals surface area (Å²) in [4.78, 5) is 11.8. The van der Waals surface area contributed by atoms with Crippen LogP contribution in [0.3, 0.4) is 0 Å². The number of aryl methyl sites for hydroxylation is 1. The van der Waals surface area contributed by atoms with Crippen molar-refractivity contribution < 1.29 is 9.21 Å². The lowest BCUT2D eigenvalue weighted by Gasteiger charge is -2.07. The summed E-state index contributed by atoms with van der Waals surface area (Å²) in [6, 6.07) is 9.01. The second-order valence-electron chi connectivity index (χ2n) is 3.52. The minimum atomic E-state index is -0.267. The minimum absolute atomic E-state index is 0.267. The molecule has 2 rings (SSSR count). The van der Waals surface area contributed by atoms with Crippen LogP contribution in [0.5, 0.6) is 0 Å². The molecule has 0 bridgehead atoms. The van der Waals surface area contributed by atoms with Crippen LogP contribution in [0.15, 0.2) is 43.9 Å². The van der Waals surface area contributed by atoms with E-state index in [-0.39, 0.29) is 11.7 Å². The van der Waals surface area contributed by atoms with Crippen molar-refractivity contribution in [2.45, 2.75) is 6.92 Å². The molecule has 2 aromatic rings. The van der Waals surface area contributed by atoms with Crippen LogP contribution in [0, 0.1) is 6.92 Å². The Hall–Kier alpha value is -1.07. The number of halogens is 2. The summed E-state index contributed by atoms with van der Waals surface area (Å²) in [6.07, 6.45) is 0. The maximum absolute atomic E-state index is 11.8. The summed E-state index contributed by atoms with van der Waals surface area (Å²) in [5.41, 5.74) is 1.75. The maximum Gasteiger partial charge on any atom is 0.291 e. The van der Waals surface area contributed by atoms with E-state index in [2.05, 4.69) is 37.2 Å². The van der Waals surface area contributed by atoms with E-state index in [4.69, 9.17) is 4.42 Å². The number of anilines is 1. The lowest BCUT2D eigenvalue weighted by molar-refractivity contribution is 0.0995. The highest BCUT2D eigenvalue weighted by Gasteiger charge is 2.11. The molecule has 0 aliphatic rings. The van der Waals surface area contributed by atoms with E-state index in [1.54, 1.807) is 12.1 Å². The lowest BCUT2D eigenvalue weighted by Crippen LogP contribution is -2.11. The molecule has 1 aromatic heterocycles. The molecule has 1 N–H and O–H groups in total. The van der Waals surface area contributed by atoms with Gasteiger partial charge in [0.25, 0.3) is 5.91 Å². The lowest BCUT2D eigenvalue weighted by atomic mass is 10.2. The Bertz CT molecular complexity index is 563. The van der Waals surface area contributed by atoms with Crippen LogP contribution >= 0.6 is 31.9 Å². The van der Waals surface area contributed by atoms with Crippen LogP contribution in [-0.4, -0.2) is 5.91 Å². The monoisotopic (exact) mass is 357 g/mol. The van der Waals surface area contributed by atoms with Crippen LogP contribution < -0.4 is 5.32 Å². The van der Waals surface area contributed by atoms with Crippen molar-refractivity contribution >= 4 is 43.5 Å². The number of carbonyl (C=O) groups is 1. The number of furan rings is 1. The van der Waals surface area contributed by atoms with E-state index >= 15 is 0 Å². The molecule has 1 heterocycles. The average molecular weight is 359 g/mol. The van der Waals surface area contributed by atoms with Crippen LogP contribution in [-0.2, 0) is 0 Å². The average Bonchev–Trinajstić information content (AvgIpc) is 2.70. The number of amides is 1. The summed E-state index contributed by atoms with van der Waals surface area (Å²) in [6.45, 7) is 1.93. The van der Waals surface area contributed by atoms with Crippen LogP contribution in [0.25, 0.3) is 0 Å². The SMILES string of the molecule is Cc1ccc(Br)cc1NC(=O)c1ccc(Br)o1. The molecule has 17 heavy (non-hydrogen) atoms. The molecular weight excluding hydrogens is 350 g/mol. The number of rotatable bonds is 2. The molecule has 0 saturated carbocycles. The van der Waals surface area contributed by atoms with Gasteiger partial charge >= 0.3 is 0 Å². The standard InChI is InChI=1S/C12H9Br2NO2/c1-7-2-3-8(13)6-9(7)15-12(16)10-4-5-11(14)17-10/h2-6H,1H3,(H,15,16). The molecule has 0 radical (unpaired) electrons. The van der Waals surface area contributed by atoms with Crippen LogP contribution in [0.1, 0.15) is 16.1 Å². The summed E-state index contributed by atoms with van der Waals surface area (Å²) in [7, 11) is 0. The van der Waals surface area contributed by atoms with Crippen molar-refractivity contribution in [2.24, 2.45) is 0 Å².